The number of aryl methyl sites for hydroxylation is 2. The average Bonchev–Trinajstić information content (AvgIpc) is 2.56. The van der Waals surface area contributed by atoms with Gasteiger partial charge in [0.2, 0.25) is 0 Å². The summed E-state index contributed by atoms with van der Waals surface area (Å²) in [5.41, 5.74) is 5.59. The minimum absolute atomic E-state index is 0.635. The molecule has 0 bridgehead atoms. The summed E-state index contributed by atoms with van der Waals surface area (Å²) in [7, 11) is 2.00. The zero-order chi connectivity index (χ0) is 16.8. The van der Waals surface area contributed by atoms with Crippen LogP contribution in [0, 0.1) is 25.2 Å². The van der Waals surface area contributed by atoms with E-state index in [-0.39, 0.29) is 0 Å². The molecule has 0 unspecified atom stereocenters. The van der Waals surface area contributed by atoms with Gasteiger partial charge in [0.25, 0.3) is 0 Å². The molecular weight excluding hydrogens is 284 g/mol. The van der Waals surface area contributed by atoms with Crippen molar-refractivity contribution in [2.24, 2.45) is 4.99 Å². The van der Waals surface area contributed by atoms with Gasteiger partial charge in [-0.2, -0.15) is 5.26 Å². The average molecular weight is 306 g/mol. The van der Waals surface area contributed by atoms with Crippen LogP contribution in [-0.2, 0) is 0 Å². The number of anilines is 2. The van der Waals surface area contributed by atoms with Crippen LogP contribution in [0.25, 0.3) is 0 Å². The molecule has 0 spiro atoms. The summed E-state index contributed by atoms with van der Waals surface area (Å²) in [6.07, 6.45) is 1.85. The Morgan fingerprint density at radius 2 is 1.91 bits per heavy atom. The Morgan fingerprint density at radius 3 is 2.61 bits per heavy atom. The lowest BCUT2D eigenvalue weighted by Gasteiger charge is -2.14. The van der Waals surface area contributed by atoms with Gasteiger partial charge in [-0.1, -0.05) is 12.1 Å². The molecule has 118 valence electrons. The SMILES string of the molecule is CCN(C)/C=N\c1cc(C)c(Nc2ccccc2C#N)cc1C. The number of hydrogen-bond acceptors (Lipinski definition) is 3. The van der Waals surface area contributed by atoms with Crippen LogP contribution >= 0.6 is 0 Å². The highest BCUT2D eigenvalue weighted by molar-refractivity contribution is 5.72. The largest absolute Gasteiger partial charge is 0.366 e. The van der Waals surface area contributed by atoms with Gasteiger partial charge in [-0.3, -0.25) is 0 Å². The van der Waals surface area contributed by atoms with Crippen molar-refractivity contribution in [2.45, 2.75) is 20.8 Å². The monoisotopic (exact) mass is 306 g/mol. The standard InChI is InChI=1S/C19H22N4/c1-5-23(4)13-21-18-10-15(3)19(11-14(18)2)22-17-9-7-6-8-16(17)12-20/h6-11,13,22H,5H2,1-4H3/b21-13-. The Balaban J connectivity index is 2.30. The van der Waals surface area contributed by atoms with E-state index in [9.17, 15) is 5.26 Å². The molecule has 1 N–H and O–H groups in total. The number of para-hydroxylation sites is 1. The molecule has 4 nitrogen and oxygen atoms in total. The van der Waals surface area contributed by atoms with Crippen molar-refractivity contribution in [1.29, 1.82) is 5.26 Å². The van der Waals surface area contributed by atoms with Crippen molar-refractivity contribution in [3.63, 3.8) is 0 Å². The molecule has 0 aliphatic heterocycles. The van der Waals surface area contributed by atoms with E-state index in [1.54, 1.807) is 0 Å². The number of nitriles is 1. The maximum Gasteiger partial charge on any atom is 0.101 e. The highest BCUT2D eigenvalue weighted by Crippen LogP contribution is 2.29. The first-order chi connectivity index (χ1) is 11.0. The summed E-state index contributed by atoms with van der Waals surface area (Å²) in [4.78, 5) is 6.57. The van der Waals surface area contributed by atoms with Crippen molar-refractivity contribution >= 4 is 23.4 Å². The third kappa shape index (κ3) is 4.10. The number of benzene rings is 2. The fraction of sp³-hybridized carbons (Fsp3) is 0.263. The Morgan fingerprint density at radius 1 is 1.17 bits per heavy atom. The van der Waals surface area contributed by atoms with Crippen LogP contribution in [0.2, 0.25) is 0 Å². The molecule has 0 aromatic heterocycles. The van der Waals surface area contributed by atoms with E-state index < -0.39 is 0 Å². The van der Waals surface area contributed by atoms with E-state index in [4.69, 9.17) is 0 Å². The molecule has 0 amide bonds. The first kappa shape index (κ1) is 16.6. The highest BCUT2D eigenvalue weighted by Gasteiger charge is 2.07. The van der Waals surface area contributed by atoms with E-state index in [0.717, 1.165) is 34.7 Å². The zero-order valence-electron chi connectivity index (χ0n) is 14.1. The topological polar surface area (TPSA) is 51.4 Å². The molecule has 0 aliphatic rings. The van der Waals surface area contributed by atoms with Crippen LogP contribution in [0.1, 0.15) is 23.6 Å². The smallest absolute Gasteiger partial charge is 0.101 e. The summed E-state index contributed by atoms with van der Waals surface area (Å²) in [5, 5.41) is 12.5. The van der Waals surface area contributed by atoms with Crippen LogP contribution in [0.5, 0.6) is 0 Å². The molecule has 0 heterocycles. The van der Waals surface area contributed by atoms with Crippen molar-refractivity contribution in [3.05, 3.63) is 53.1 Å². The van der Waals surface area contributed by atoms with Gasteiger partial charge < -0.3 is 10.2 Å². The van der Waals surface area contributed by atoms with Crippen LogP contribution < -0.4 is 5.32 Å². The first-order valence-corrected chi connectivity index (χ1v) is 7.67. The zero-order valence-corrected chi connectivity index (χ0v) is 14.1. The molecule has 2 aromatic carbocycles. The van der Waals surface area contributed by atoms with E-state index in [2.05, 4.69) is 35.4 Å². The summed E-state index contributed by atoms with van der Waals surface area (Å²) >= 11 is 0. The fourth-order valence-electron chi connectivity index (χ4n) is 2.15. The quantitative estimate of drug-likeness (QED) is 0.652. The molecule has 2 rings (SSSR count). The molecule has 0 radical (unpaired) electrons. The predicted octanol–water partition coefficient (Wildman–Crippen LogP) is 4.53. The van der Waals surface area contributed by atoms with Crippen LogP contribution in [0.4, 0.5) is 17.1 Å². The third-order valence-electron chi connectivity index (χ3n) is 3.75. The molecule has 0 aliphatic carbocycles. The van der Waals surface area contributed by atoms with Crippen LogP contribution in [0.3, 0.4) is 0 Å². The van der Waals surface area contributed by atoms with Gasteiger partial charge >= 0.3 is 0 Å². The Hall–Kier alpha value is -2.80. The van der Waals surface area contributed by atoms with E-state index >= 15 is 0 Å². The fourth-order valence-corrected chi connectivity index (χ4v) is 2.15. The molecule has 23 heavy (non-hydrogen) atoms. The minimum atomic E-state index is 0.635. The lowest BCUT2D eigenvalue weighted by Crippen LogP contribution is -2.14. The molecular formula is C19H22N4. The second kappa shape index (κ2) is 7.46. The second-order valence-electron chi connectivity index (χ2n) is 5.55. The van der Waals surface area contributed by atoms with Gasteiger partial charge in [-0.15, -0.1) is 0 Å². The van der Waals surface area contributed by atoms with Crippen molar-refractivity contribution in [2.75, 3.05) is 18.9 Å². The first-order valence-electron chi connectivity index (χ1n) is 7.67. The Bertz CT molecular complexity index is 756. The maximum absolute atomic E-state index is 9.20. The molecule has 0 atom stereocenters. The minimum Gasteiger partial charge on any atom is -0.366 e. The molecule has 0 saturated heterocycles. The summed E-state index contributed by atoms with van der Waals surface area (Å²) in [6.45, 7) is 7.09. The summed E-state index contributed by atoms with van der Waals surface area (Å²) < 4.78 is 0. The molecule has 2 aromatic rings. The van der Waals surface area contributed by atoms with Gasteiger partial charge in [-0.25, -0.2) is 4.99 Å². The number of aliphatic imine (C=N–C) groups is 1. The molecule has 0 fully saturated rings. The van der Waals surface area contributed by atoms with Crippen molar-refractivity contribution in [3.8, 4) is 6.07 Å². The van der Waals surface area contributed by atoms with Gasteiger partial charge in [0.1, 0.15) is 6.07 Å². The summed E-state index contributed by atoms with van der Waals surface area (Å²) in [5.74, 6) is 0. The number of hydrogen-bond donors (Lipinski definition) is 1. The lowest BCUT2D eigenvalue weighted by atomic mass is 10.1. The third-order valence-corrected chi connectivity index (χ3v) is 3.75. The predicted molar refractivity (Wildman–Crippen MR) is 96.8 cm³/mol. The van der Waals surface area contributed by atoms with Gasteiger partial charge in [0.05, 0.1) is 23.3 Å². The van der Waals surface area contributed by atoms with E-state index in [0.29, 0.717) is 5.56 Å². The Kier molecular flexibility index (Phi) is 5.37. The van der Waals surface area contributed by atoms with Crippen molar-refractivity contribution in [1.82, 2.24) is 4.90 Å². The van der Waals surface area contributed by atoms with Crippen molar-refractivity contribution < 1.29 is 0 Å². The molecule has 4 heteroatoms. The van der Waals surface area contributed by atoms with Crippen LogP contribution in [0.15, 0.2) is 41.4 Å². The van der Waals surface area contributed by atoms with E-state index in [1.807, 2.05) is 56.4 Å². The van der Waals surface area contributed by atoms with Gasteiger partial charge in [-0.05, 0) is 56.2 Å². The number of nitrogens with zero attached hydrogens (tertiary/aromatic N) is 3. The molecule has 0 saturated carbocycles. The van der Waals surface area contributed by atoms with Crippen LogP contribution in [-0.4, -0.2) is 24.8 Å². The number of rotatable bonds is 5. The number of nitrogens with one attached hydrogen (secondary N) is 1. The Labute approximate surface area is 138 Å². The van der Waals surface area contributed by atoms with Gasteiger partial charge in [0, 0.05) is 19.3 Å². The highest BCUT2D eigenvalue weighted by atomic mass is 15.1. The van der Waals surface area contributed by atoms with E-state index in [1.165, 1.54) is 0 Å². The normalized spacial score (nSPS) is 10.6. The summed E-state index contributed by atoms with van der Waals surface area (Å²) in [6, 6.07) is 13.9. The lowest BCUT2D eigenvalue weighted by molar-refractivity contribution is 0.552. The maximum atomic E-state index is 9.20. The van der Waals surface area contributed by atoms with Gasteiger partial charge in [0.15, 0.2) is 0 Å². The second-order valence-corrected chi connectivity index (χ2v) is 5.55.